The maximum Gasteiger partial charge on any atom is 0.481 e. The van der Waals surface area contributed by atoms with E-state index in [1.54, 1.807) is 30.3 Å². The second-order valence-electron chi connectivity index (χ2n) is 13.9. The zero-order valence-corrected chi connectivity index (χ0v) is 36.1. The first kappa shape index (κ1) is 50.6. The first-order valence-corrected chi connectivity index (χ1v) is 23.4. The molecular weight excluding hydrogens is 911 g/mol. The van der Waals surface area contributed by atoms with Crippen molar-refractivity contribution in [2.24, 2.45) is 5.41 Å². The van der Waals surface area contributed by atoms with Crippen molar-refractivity contribution in [1.82, 2.24) is 30.2 Å². The molecule has 2 unspecified atom stereocenters. The van der Waals surface area contributed by atoms with Gasteiger partial charge in [-0.3, -0.25) is 37.3 Å². The Morgan fingerprint density at radius 2 is 1.69 bits per heavy atom. The number of hydrogen-bond donors (Lipinski definition) is 10. The number of carboxylic acids is 1. The number of imidazole rings is 1. The third-order valence-corrected chi connectivity index (χ3v) is 12.5. The SMILES string of the molecule is CC(C)(COP(=O)(O)OP(=O)(O)OC[C@H]1O[C@@H](n2cnc3c(N)ncnc32)[C@H](O)[C@@H]1OP(=O)(O)O)[C@@H](O)C(=O)NCCC(=O)NCCSC(=O)/C(=C\c1ccccc1)CC(=O)O. The molecule has 0 spiro atoms. The van der Waals surface area contributed by atoms with Crippen LogP contribution in [0, 0.1) is 5.41 Å². The van der Waals surface area contributed by atoms with Crippen molar-refractivity contribution in [3.05, 3.63) is 54.1 Å². The molecule has 0 saturated carbocycles. The van der Waals surface area contributed by atoms with E-state index in [1.807, 2.05) is 0 Å². The predicted octanol–water partition coefficient (Wildman–Crippen LogP) is 0.223. The lowest BCUT2D eigenvalue weighted by Gasteiger charge is -2.30. The summed E-state index contributed by atoms with van der Waals surface area (Å²) in [5.74, 6) is -2.70. The van der Waals surface area contributed by atoms with E-state index in [1.165, 1.54) is 19.9 Å². The lowest BCUT2D eigenvalue weighted by molar-refractivity contribution is -0.137. The molecule has 11 N–H and O–H groups in total. The van der Waals surface area contributed by atoms with Gasteiger partial charge < -0.3 is 56.0 Å². The summed E-state index contributed by atoms with van der Waals surface area (Å²) in [5.41, 5.74) is 4.89. The van der Waals surface area contributed by atoms with Crippen LogP contribution < -0.4 is 16.4 Å². The van der Waals surface area contributed by atoms with Gasteiger partial charge in [-0.15, -0.1) is 0 Å². The predicted molar refractivity (Wildman–Crippen MR) is 214 cm³/mol. The van der Waals surface area contributed by atoms with Crippen LogP contribution in [0.15, 0.2) is 48.6 Å². The summed E-state index contributed by atoms with van der Waals surface area (Å²) < 4.78 is 62.2. The zero-order valence-electron chi connectivity index (χ0n) is 32.6. The number of nitrogens with zero attached hydrogens (tertiary/aromatic N) is 4. The topological polar surface area (TPSA) is 401 Å². The molecule has 3 heterocycles. The molecule has 4 rings (SSSR count). The van der Waals surface area contributed by atoms with Gasteiger partial charge in [-0.25, -0.2) is 28.6 Å². The number of aliphatic carboxylic acids is 1. The number of phosphoric ester groups is 3. The average Bonchev–Trinajstić information content (AvgIpc) is 3.74. The molecule has 7 atom stereocenters. The number of ether oxygens (including phenoxy) is 1. The highest BCUT2D eigenvalue weighted by Gasteiger charge is 2.50. The van der Waals surface area contributed by atoms with Gasteiger partial charge in [-0.05, 0) is 11.6 Å². The number of amides is 2. The van der Waals surface area contributed by atoms with Crippen LogP contribution in [0.2, 0.25) is 0 Å². The number of rotatable bonds is 23. The molecular formula is C32H44N7O19P3S. The number of nitrogens with two attached hydrogens (primary N) is 1. The molecule has 30 heteroatoms. The summed E-state index contributed by atoms with van der Waals surface area (Å²) in [5, 5.41) is 35.1. The van der Waals surface area contributed by atoms with Crippen molar-refractivity contribution >= 4 is 81.2 Å². The fraction of sp³-hybridized carbons (Fsp3) is 0.469. The van der Waals surface area contributed by atoms with E-state index in [0.29, 0.717) is 5.56 Å². The smallest absolute Gasteiger partial charge is 0.481 e. The standard InChI is InChI=1S/C32H44N7O19P3S/c1-32(2,26(44)29(45)35-9-8-21(40)34-10-11-62-31(46)19(13-22(41)42)12-18-6-4-3-5-7-18)15-55-61(52,53)58-60(50,51)54-14-20-25(57-59(47,48)49)24(43)30(56-20)39-17-38-23-27(33)36-16-37-28(23)39/h3-7,12,16-17,20,24-26,30,43-44H,8-11,13-15H2,1-2H3,(H,34,40)(H,35,45)(H,41,42)(H,50,51)(H,52,53)(H2,33,36,37)(H2,47,48,49)/b19-12-/t20-,24-,25-,26+,30-/m1/s1. The third-order valence-electron chi connectivity index (χ3n) is 8.48. The minimum Gasteiger partial charge on any atom is -0.481 e. The maximum atomic E-state index is 12.7. The highest BCUT2D eigenvalue weighted by atomic mass is 32.2. The van der Waals surface area contributed by atoms with Crippen LogP contribution in [-0.4, -0.2) is 134 Å². The fourth-order valence-electron chi connectivity index (χ4n) is 5.46. The quantitative estimate of drug-likeness (QED) is 0.0345. The number of aromatic nitrogens is 4. The van der Waals surface area contributed by atoms with Gasteiger partial charge in [0.05, 0.1) is 26.0 Å². The largest absolute Gasteiger partial charge is 0.481 e. The van der Waals surface area contributed by atoms with Gasteiger partial charge in [0.2, 0.25) is 16.9 Å². The number of nitrogens with one attached hydrogen (secondary N) is 2. The monoisotopic (exact) mass is 955 g/mol. The van der Waals surface area contributed by atoms with Crippen LogP contribution in [-0.2, 0) is 55.5 Å². The van der Waals surface area contributed by atoms with Gasteiger partial charge in [-0.1, -0.05) is 55.9 Å². The molecule has 2 aromatic heterocycles. The van der Waals surface area contributed by atoms with E-state index < -0.39 is 102 Å². The molecule has 0 bridgehead atoms. The van der Waals surface area contributed by atoms with E-state index >= 15 is 0 Å². The maximum absolute atomic E-state index is 12.7. The number of phosphoric acid groups is 3. The molecule has 62 heavy (non-hydrogen) atoms. The van der Waals surface area contributed by atoms with Crippen LogP contribution in [0.5, 0.6) is 0 Å². The summed E-state index contributed by atoms with van der Waals surface area (Å²) in [4.78, 5) is 99.8. The molecule has 1 aliphatic rings. The second-order valence-corrected chi connectivity index (χ2v) is 19.2. The molecule has 342 valence electrons. The van der Waals surface area contributed by atoms with Crippen molar-refractivity contribution in [1.29, 1.82) is 0 Å². The van der Waals surface area contributed by atoms with Crippen molar-refractivity contribution in [2.45, 2.75) is 57.3 Å². The number of hydrogen-bond acceptors (Lipinski definition) is 19. The van der Waals surface area contributed by atoms with Gasteiger partial charge in [0.1, 0.15) is 36.3 Å². The Balaban J connectivity index is 1.21. The minimum absolute atomic E-state index is 0.0169. The molecule has 1 aliphatic heterocycles. The number of aliphatic hydroxyl groups is 2. The number of thioether (sulfide) groups is 1. The first-order chi connectivity index (χ1) is 28.9. The first-order valence-electron chi connectivity index (χ1n) is 17.9. The number of benzene rings is 1. The van der Waals surface area contributed by atoms with Gasteiger partial charge in [0.15, 0.2) is 17.7 Å². The number of fused-ring (bicyclic) bond motifs is 1. The Bertz CT molecular complexity index is 2260. The lowest BCUT2D eigenvalue weighted by atomic mass is 9.87. The van der Waals surface area contributed by atoms with Crippen LogP contribution >= 0.6 is 35.2 Å². The highest BCUT2D eigenvalue weighted by molar-refractivity contribution is 8.14. The highest BCUT2D eigenvalue weighted by Crippen LogP contribution is 2.61. The van der Waals surface area contributed by atoms with E-state index in [4.69, 9.17) is 19.5 Å². The number of nitrogen functional groups attached to an aromatic ring is 1. The molecule has 0 aliphatic carbocycles. The molecule has 1 aromatic carbocycles. The number of carbonyl (C=O) groups is 4. The molecule has 26 nitrogen and oxygen atoms in total. The van der Waals surface area contributed by atoms with Gasteiger partial charge >= 0.3 is 29.4 Å². The van der Waals surface area contributed by atoms with Gasteiger partial charge in [0.25, 0.3) is 0 Å². The van der Waals surface area contributed by atoms with Crippen molar-refractivity contribution in [3.8, 4) is 0 Å². The fourth-order valence-corrected chi connectivity index (χ4v) is 9.00. The molecule has 1 fully saturated rings. The number of carboxylic acid groups (broad SMARTS) is 1. The van der Waals surface area contributed by atoms with Gasteiger partial charge in [0, 0.05) is 36.3 Å². The minimum atomic E-state index is -5.60. The van der Waals surface area contributed by atoms with Crippen LogP contribution in [0.25, 0.3) is 17.2 Å². The van der Waals surface area contributed by atoms with E-state index in [9.17, 15) is 67.8 Å². The zero-order chi connectivity index (χ0) is 46.0. The average molecular weight is 956 g/mol. The van der Waals surface area contributed by atoms with Crippen LogP contribution in [0.4, 0.5) is 5.82 Å². The second kappa shape index (κ2) is 21.6. The molecule has 2 amide bonds. The van der Waals surface area contributed by atoms with Crippen molar-refractivity contribution in [3.63, 3.8) is 0 Å². The van der Waals surface area contributed by atoms with E-state index in [-0.39, 0.29) is 47.8 Å². The van der Waals surface area contributed by atoms with Crippen LogP contribution in [0.1, 0.15) is 38.5 Å². The Morgan fingerprint density at radius 1 is 1.02 bits per heavy atom. The number of carbonyl (C=O) groups excluding carboxylic acids is 3. The molecule has 3 aromatic rings. The Kier molecular flexibility index (Phi) is 17.6. The summed E-state index contributed by atoms with van der Waals surface area (Å²) >= 11 is 0.808. The summed E-state index contributed by atoms with van der Waals surface area (Å²) in [6, 6.07) is 8.65. The summed E-state index contributed by atoms with van der Waals surface area (Å²) in [6.07, 6.45) is -6.19. The Hall–Kier alpha value is -4.01. The van der Waals surface area contributed by atoms with E-state index in [2.05, 4.69) is 34.4 Å². The summed E-state index contributed by atoms with van der Waals surface area (Å²) in [6.45, 7) is 0.115. The number of anilines is 1. The number of aliphatic hydroxyl groups excluding tert-OH is 2. The van der Waals surface area contributed by atoms with Crippen molar-refractivity contribution in [2.75, 3.05) is 37.8 Å². The third kappa shape index (κ3) is 15.1. The van der Waals surface area contributed by atoms with Crippen LogP contribution in [0.3, 0.4) is 0 Å². The normalized spacial score (nSPS) is 20.9. The van der Waals surface area contributed by atoms with Gasteiger partial charge in [-0.2, -0.15) is 4.31 Å². The Labute approximate surface area is 355 Å². The summed E-state index contributed by atoms with van der Waals surface area (Å²) in [7, 11) is -16.5. The van der Waals surface area contributed by atoms with Crippen molar-refractivity contribution < 1.29 is 90.4 Å². The van der Waals surface area contributed by atoms with E-state index in [0.717, 1.165) is 29.0 Å². The lowest BCUT2D eigenvalue weighted by Crippen LogP contribution is -2.46. The molecule has 1 saturated heterocycles. The Morgan fingerprint density at radius 3 is 2.35 bits per heavy atom. The molecule has 0 radical (unpaired) electrons.